The van der Waals surface area contributed by atoms with Gasteiger partial charge in [0.2, 0.25) is 0 Å². The van der Waals surface area contributed by atoms with Crippen molar-refractivity contribution in [2.45, 2.75) is 0 Å². The Bertz CT molecular complexity index is 6.00. The van der Waals surface area contributed by atoms with Crippen LogP contribution in [0.25, 0.3) is 0 Å². The number of rotatable bonds is 0. The van der Waals surface area contributed by atoms with E-state index in [1.165, 1.54) is 0 Å². The quantitative estimate of drug-likeness (QED) is 0.505. The van der Waals surface area contributed by atoms with Crippen molar-refractivity contribution in [3.05, 3.63) is 0 Å². The summed E-state index contributed by atoms with van der Waals surface area (Å²) in [6.07, 6.45) is 0. The normalized spacial score (nSPS) is 0. The van der Waals surface area contributed by atoms with Gasteiger partial charge in [0.1, 0.15) is 0 Å². The molecule has 0 aliphatic heterocycles. The first kappa shape index (κ1) is 49.8. The molecule has 4 heavy (non-hydrogen) atoms. The Hall–Kier alpha value is 1.49. The van der Waals surface area contributed by atoms with Crippen molar-refractivity contribution in [3.63, 3.8) is 0 Å². The van der Waals surface area contributed by atoms with E-state index in [-0.39, 0.29) is 58.2 Å². The number of hydrogen-bond donors (Lipinski definition) is 0. The average Bonchev–Trinajstić information content (AvgIpc) is 0. The van der Waals surface area contributed by atoms with Gasteiger partial charge in [0, 0.05) is 21.1 Å². The summed E-state index contributed by atoms with van der Waals surface area (Å²) in [5.74, 6) is 0. The molecule has 0 aromatic carbocycles. The smallest absolute Gasteiger partial charge is 2.00 e. The largest absolute Gasteiger partial charge is 4.00 e. The first-order chi connectivity index (χ1) is 0. The summed E-state index contributed by atoms with van der Waals surface area (Å²) in [4.78, 5) is 0. The molecule has 0 bridgehead atoms. The fourth-order valence-corrected chi connectivity index (χ4v) is 0. The van der Waals surface area contributed by atoms with Gasteiger partial charge in [-0.15, -0.1) is 0 Å². The molecule has 4 heteroatoms. The Morgan fingerprint density at radius 3 is 0.750 bits per heavy atom. The maximum Gasteiger partial charge on any atom is 4.00 e. The van der Waals surface area contributed by atoms with Gasteiger partial charge in [0.25, 0.3) is 0 Å². The zero-order valence-corrected chi connectivity index (χ0v) is 6.19. The van der Waals surface area contributed by atoms with Crippen LogP contribution >= 0.6 is 0 Å². The van der Waals surface area contributed by atoms with Gasteiger partial charge < -0.3 is 11.0 Å². The maximum atomic E-state index is 0. The van der Waals surface area contributed by atoms with Crippen molar-refractivity contribution in [2.75, 3.05) is 0 Å². The van der Waals surface area contributed by atoms with Crippen molar-refractivity contribution >= 4 is 0 Å². The van der Waals surface area contributed by atoms with Crippen LogP contribution in [0.2, 0.25) is 0 Å². The van der Waals surface area contributed by atoms with Crippen LogP contribution in [0.5, 0.6) is 0 Å². The first-order valence-electron chi connectivity index (χ1n) is 0. The molecule has 0 atom stereocenters. The molecule has 0 saturated heterocycles. The average molecular weight is 219 g/mol. The van der Waals surface area contributed by atoms with Crippen LogP contribution in [0.15, 0.2) is 0 Å². The molecule has 0 aromatic rings. The molecule has 0 heterocycles. The topological polar surface area (TPSA) is 57.0 Å². The van der Waals surface area contributed by atoms with E-state index >= 15 is 0 Å². The first-order valence-corrected chi connectivity index (χ1v) is 0. The Balaban J connectivity index is 0. The molecule has 0 fully saturated rings. The predicted octanol–water partition coefficient (Wildman–Crippen LogP) is -0.243. The molecule has 0 radical (unpaired) electrons. The van der Waals surface area contributed by atoms with E-state index in [1.807, 2.05) is 0 Å². The monoisotopic (exact) mass is 220 g/mol. The Morgan fingerprint density at radius 2 is 0.750 bits per heavy atom. The van der Waals surface area contributed by atoms with Crippen LogP contribution in [0.3, 0.4) is 0 Å². The zero-order valence-electron chi connectivity index (χ0n) is 1.72. The van der Waals surface area contributed by atoms with Crippen molar-refractivity contribution in [3.8, 4) is 0 Å². The second-order valence-corrected chi connectivity index (χ2v) is 0. The van der Waals surface area contributed by atoms with Crippen LogP contribution in [-0.4, -0.2) is 0 Å². The fourth-order valence-electron chi connectivity index (χ4n) is 0. The van der Waals surface area contributed by atoms with Crippen LogP contribution in [0, 0.1) is 0 Å². The Kier molecular flexibility index (Phi) is 306. The van der Waals surface area contributed by atoms with Crippen LogP contribution in [-0.2, 0) is 58.2 Å². The summed E-state index contributed by atoms with van der Waals surface area (Å²) in [7, 11) is 0. The van der Waals surface area contributed by atoms with Gasteiger partial charge in [-0.2, -0.15) is 0 Å². The summed E-state index contributed by atoms with van der Waals surface area (Å²) >= 11 is 0. The zero-order chi connectivity index (χ0) is 0. The van der Waals surface area contributed by atoms with E-state index in [0.29, 0.717) is 0 Å². The third-order valence-corrected chi connectivity index (χ3v) is 0. The number of hydrogen-bond acceptors (Lipinski definition) is 0. The minimum absolute atomic E-state index is 0. The molecule has 0 aliphatic carbocycles. The van der Waals surface area contributed by atoms with Gasteiger partial charge in [-0.05, 0) is 0 Å². The third-order valence-electron chi connectivity index (χ3n) is 0. The molecule has 0 unspecified atom stereocenters. The van der Waals surface area contributed by atoms with Gasteiger partial charge in [-0.1, -0.05) is 0 Å². The van der Waals surface area contributed by atoms with Crippen molar-refractivity contribution in [1.29, 1.82) is 0 Å². The molecule has 0 N–H and O–H groups in total. The maximum absolute atomic E-state index is 0. The Morgan fingerprint density at radius 1 is 0.750 bits per heavy atom. The summed E-state index contributed by atoms with van der Waals surface area (Å²) in [5.41, 5.74) is 0. The summed E-state index contributed by atoms with van der Waals surface area (Å²) in [6.45, 7) is 0. The SMILES string of the molecule is [Mo].[O-2].[O-2].[Zr+4]. The molecule has 0 spiro atoms. The van der Waals surface area contributed by atoms with E-state index in [2.05, 4.69) is 0 Å². The molecular weight excluding hydrogens is 219 g/mol. The summed E-state index contributed by atoms with van der Waals surface area (Å²) in [5, 5.41) is 0. The van der Waals surface area contributed by atoms with Gasteiger partial charge >= 0.3 is 26.2 Å². The van der Waals surface area contributed by atoms with E-state index in [4.69, 9.17) is 0 Å². The summed E-state index contributed by atoms with van der Waals surface area (Å²) in [6, 6.07) is 0. The molecular formula is MoO2Zr. The van der Waals surface area contributed by atoms with Gasteiger partial charge in [-0.25, -0.2) is 0 Å². The second-order valence-electron chi connectivity index (χ2n) is 0. The molecule has 2 nitrogen and oxygen atoms in total. The van der Waals surface area contributed by atoms with Gasteiger partial charge in [0.15, 0.2) is 0 Å². The van der Waals surface area contributed by atoms with Crippen LogP contribution in [0.4, 0.5) is 0 Å². The van der Waals surface area contributed by atoms with E-state index < -0.39 is 0 Å². The van der Waals surface area contributed by atoms with Gasteiger partial charge in [-0.3, -0.25) is 0 Å². The van der Waals surface area contributed by atoms with Crippen molar-refractivity contribution < 1.29 is 58.2 Å². The van der Waals surface area contributed by atoms with Crippen molar-refractivity contribution in [2.24, 2.45) is 0 Å². The van der Waals surface area contributed by atoms with E-state index in [1.54, 1.807) is 0 Å². The molecule has 0 saturated carbocycles. The minimum Gasteiger partial charge on any atom is -2.00 e. The Labute approximate surface area is 58.0 Å². The molecule has 0 aromatic heterocycles. The second kappa shape index (κ2) is 24.6. The molecule has 22 valence electrons. The van der Waals surface area contributed by atoms with E-state index in [0.717, 1.165) is 0 Å². The predicted molar refractivity (Wildman–Crippen MR) is 1.37 cm³/mol. The molecule has 0 amide bonds. The standard InChI is InChI=1S/Mo.2O.Zr/q;2*-2;+4. The third kappa shape index (κ3) is 9.74. The van der Waals surface area contributed by atoms with E-state index in [9.17, 15) is 0 Å². The van der Waals surface area contributed by atoms with Crippen LogP contribution in [0.1, 0.15) is 0 Å². The molecule has 0 aliphatic rings. The fraction of sp³-hybridized carbons (Fsp3) is 0. The van der Waals surface area contributed by atoms with Crippen molar-refractivity contribution in [1.82, 2.24) is 0 Å². The minimum atomic E-state index is 0. The molecule has 0 rings (SSSR count). The van der Waals surface area contributed by atoms with Gasteiger partial charge in [0.05, 0.1) is 0 Å². The van der Waals surface area contributed by atoms with Crippen LogP contribution < -0.4 is 0 Å². The summed E-state index contributed by atoms with van der Waals surface area (Å²) < 4.78 is 0.